The fraction of sp³-hybridized carbons (Fsp3) is 0.455. The van der Waals surface area contributed by atoms with Gasteiger partial charge in [-0.3, -0.25) is 9.80 Å². The summed E-state index contributed by atoms with van der Waals surface area (Å²) in [6, 6.07) is 14.3. The van der Waals surface area contributed by atoms with Crippen LogP contribution in [-0.4, -0.2) is 49.2 Å². The Kier molecular flexibility index (Phi) is 4.75. The fourth-order valence-corrected chi connectivity index (χ4v) is 4.90. The molecule has 6 nitrogen and oxygen atoms in total. The van der Waals surface area contributed by atoms with E-state index in [1.807, 2.05) is 11.0 Å². The van der Waals surface area contributed by atoms with Gasteiger partial charge in [0.25, 0.3) is 0 Å². The molecule has 148 valence electrons. The summed E-state index contributed by atoms with van der Waals surface area (Å²) in [7, 11) is 5.88. The molecule has 2 aromatic rings. The van der Waals surface area contributed by atoms with E-state index in [1.165, 1.54) is 5.56 Å². The van der Waals surface area contributed by atoms with Crippen LogP contribution in [-0.2, 0) is 5.54 Å². The molecule has 4 rings (SSSR count). The minimum atomic E-state index is -0.241. The van der Waals surface area contributed by atoms with Crippen molar-refractivity contribution >= 4 is 11.7 Å². The van der Waals surface area contributed by atoms with Gasteiger partial charge in [-0.1, -0.05) is 30.3 Å². The number of hydrogen-bond donors (Lipinski definition) is 1. The lowest BCUT2D eigenvalue weighted by atomic mass is 9.67. The molecule has 1 aliphatic heterocycles. The highest BCUT2D eigenvalue weighted by Gasteiger charge is 2.52. The molecule has 28 heavy (non-hydrogen) atoms. The van der Waals surface area contributed by atoms with Crippen LogP contribution in [0.4, 0.5) is 10.5 Å². The van der Waals surface area contributed by atoms with Crippen molar-refractivity contribution in [2.45, 2.75) is 36.8 Å². The summed E-state index contributed by atoms with van der Waals surface area (Å²) in [5.41, 5.74) is 1.80. The summed E-state index contributed by atoms with van der Waals surface area (Å²) >= 11 is 0. The van der Waals surface area contributed by atoms with Crippen LogP contribution in [0.5, 0.6) is 5.88 Å². The summed E-state index contributed by atoms with van der Waals surface area (Å²) in [6.07, 6.45) is 5.74. The number of anilines is 1. The zero-order valence-electron chi connectivity index (χ0n) is 16.8. The number of ether oxygens (including phenoxy) is 1. The first-order valence-corrected chi connectivity index (χ1v) is 9.81. The van der Waals surface area contributed by atoms with Crippen LogP contribution in [0.2, 0.25) is 0 Å². The minimum absolute atomic E-state index is 0.0467. The third kappa shape index (κ3) is 3.11. The van der Waals surface area contributed by atoms with Gasteiger partial charge in [0.05, 0.1) is 31.1 Å². The van der Waals surface area contributed by atoms with E-state index in [1.54, 1.807) is 19.4 Å². The number of aromatic nitrogens is 1. The zero-order chi connectivity index (χ0) is 19.8. The summed E-state index contributed by atoms with van der Waals surface area (Å²) in [6.45, 7) is 0.655. The molecule has 1 N–H and O–H groups in total. The quantitative estimate of drug-likeness (QED) is 0.883. The van der Waals surface area contributed by atoms with Crippen molar-refractivity contribution < 1.29 is 9.53 Å². The van der Waals surface area contributed by atoms with E-state index in [-0.39, 0.29) is 17.1 Å². The molecule has 6 heteroatoms. The number of hydrogen-bond acceptors (Lipinski definition) is 4. The molecule has 1 aliphatic carbocycles. The molecule has 1 aromatic carbocycles. The molecular formula is C22H28N4O2. The van der Waals surface area contributed by atoms with Crippen molar-refractivity contribution in [2.24, 2.45) is 0 Å². The zero-order valence-corrected chi connectivity index (χ0v) is 16.8. The molecule has 2 fully saturated rings. The first kappa shape index (κ1) is 18.7. The highest BCUT2D eigenvalue weighted by Crippen LogP contribution is 2.47. The molecule has 2 heterocycles. The molecule has 0 bridgehead atoms. The van der Waals surface area contributed by atoms with E-state index in [0.717, 1.165) is 31.4 Å². The van der Waals surface area contributed by atoms with E-state index in [4.69, 9.17) is 4.74 Å². The predicted molar refractivity (Wildman–Crippen MR) is 110 cm³/mol. The molecule has 1 aromatic heterocycles. The van der Waals surface area contributed by atoms with E-state index in [0.29, 0.717) is 12.4 Å². The molecule has 1 unspecified atom stereocenters. The number of pyridine rings is 1. The molecule has 1 spiro atoms. The molecular weight excluding hydrogens is 352 g/mol. The normalized spacial score (nSPS) is 27.3. The summed E-state index contributed by atoms with van der Waals surface area (Å²) in [4.78, 5) is 21.3. The first-order chi connectivity index (χ1) is 13.5. The van der Waals surface area contributed by atoms with Crippen LogP contribution in [0.15, 0.2) is 48.7 Å². The fourth-order valence-electron chi connectivity index (χ4n) is 4.90. The first-order valence-electron chi connectivity index (χ1n) is 9.81. The van der Waals surface area contributed by atoms with Crippen LogP contribution in [0.3, 0.4) is 0 Å². The lowest BCUT2D eigenvalue weighted by Gasteiger charge is -2.50. The monoisotopic (exact) mass is 380 g/mol. The average molecular weight is 380 g/mol. The van der Waals surface area contributed by atoms with Gasteiger partial charge in [-0.05, 0) is 51.4 Å². The Hall–Kier alpha value is -2.60. The maximum absolute atomic E-state index is 12.9. The van der Waals surface area contributed by atoms with Crippen molar-refractivity contribution in [3.63, 3.8) is 0 Å². The smallest absolute Gasteiger partial charge is 0.322 e. The number of methoxy groups -OCH3 is 1. The Labute approximate surface area is 166 Å². The number of amides is 2. The summed E-state index contributed by atoms with van der Waals surface area (Å²) < 4.78 is 5.14. The van der Waals surface area contributed by atoms with Gasteiger partial charge >= 0.3 is 6.03 Å². The van der Waals surface area contributed by atoms with Crippen molar-refractivity contribution in [3.8, 4) is 5.88 Å². The van der Waals surface area contributed by atoms with Crippen LogP contribution in [0.25, 0.3) is 0 Å². The molecule has 1 saturated carbocycles. The van der Waals surface area contributed by atoms with Crippen LogP contribution in [0.1, 0.15) is 31.2 Å². The Morgan fingerprint density at radius 3 is 2.57 bits per heavy atom. The van der Waals surface area contributed by atoms with Gasteiger partial charge in [0, 0.05) is 11.6 Å². The number of rotatable bonds is 4. The van der Waals surface area contributed by atoms with Gasteiger partial charge in [0.15, 0.2) is 0 Å². The number of carbonyl (C=O) groups excluding carboxylic acids is 1. The van der Waals surface area contributed by atoms with Crippen molar-refractivity contribution in [1.82, 2.24) is 15.2 Å². The number of carbonyl (C=O) groups is 1. The Morgan fingerprint density at radius 1 is 1.14 bits per heavy atom. The van der Waals surface area contributed by atoms with Gasteiger partial charge in [-0.25, -0.2) is 9.78 Å². The standard InChI is InChI=1S/C22H28N4O2/c1-25(2)22(17-8-5-4-6-9-17)13-7-12-21(15-22)16-26(20(27)24-21)18-10-11-19(28-3)23-14-18/h4-6,8-11,14H,7,12-13,15-16H2,1-3H3,(H,24,27)/t21-,22?/m1/s1. The van der Waals surface area contributed by atoms with Crippen molar-refractivity contribution in [1.29, 1.82) is 0 Å². The molecule has 2 atom stereocenters. The second kappa shape index (κ2) is 7.09. The third-order valence-corrected chi connectivity index (χ3v) is 6.36. The molecule has 0 radical (unpaired) electrons. The lowest BCUT2D eigenvalue weighted by Crippen LogP contribution is -2.56. The van der Waals surface area contributed by atoms with Gasteiger partial charge in [0.1, 0.15) is 0 Å². The van der Waals surface area contributed by atoms with E-state index < -0.39 is 0 Å². The maximum Gasteiger partial charge on any atom is 0.322 e. The molecule has 1 saturated heterocycles. The predicted octanol–water partition coefficient (Wildman–Crippen LogP) is 3.39. The maximum atomic E-state index is 12.9. The van der Waals surface area contributed by atoms with Gasteiger partial charge in [0.2, 0.25) is 5.88 Å². The van der Waals surface area contributed by atoms with Crippen LogP contribution in [0, 0.1) is 0 Å². The van der Waals surface area contributed by atoms with Crippen molar-refractivity contribution in [2.75, 3.05) is 32.6 Å². The van der Waals surface area contributed by atoms with E-state index >= 15 is 0 Å². The minimum Gasteiger partial charge on any atom is -0.481 e. The topological polar surface area (TPSA) is 57.7 Å². The molecule has 2 amide bonds. The largest absolute Gasteiger partial charge is 0.481 e. The Balaban J connectivity index is 1.63. The lowest BCUT2D eigenvalue weighted by molar-refractivity contribution is 0.0542. The van der Waals surface area contributed by atoms with Crippen molar-refractivity contribution in [3.05, 3.63) is 54.2 Å². The summed E-state index contributed by atoms with van der Waals surface area (Å²) in [5.74, 6) is 0.548. The number of nitrogens with one attached hydrogen (secondary N) is 1. The second-order valence-corrected chi connectivity index (χ2v) is 8.18. The highest BCUT2D eigenvalue weighted by atomic mass is 16.5. The van der Waals surface area contributed by atoms with Gasteiger partial charge in [-0.2, -0.15) is 0 Å². The van der Waals surface area contributed by atoms with Gasteiger partial charge in [-0.15, -0.1) is 0 Å². The van der Waals surface area contributed by atoms with E-state index in [9.17, 15) is 4.79 Å². The highest BCUT2D eigenvalue weighted by molar-refractivity contribution is 5.95. The van der Waals surface area contributed by atoms with Gasteiger partial charge < -0.3 is 10.1 Å². The average Bonchev–Trinajstić information content (AvgIpc) is 3.03. The third-order valence-electron chi connectivity index (χ3n) is 6.36. The molecule has 2 aliphatic rings. The number of nitrogens with zero attached hydrogens (tertiary/aromatic N) is 3. The van der Waals surface area contributed by atoms with E-state index in [2.05, 4.69) is 59.6 Å². The Morgan fingerprint density at radius 2 is 1.93 bits per heavy atom. The van der Waals surface area contributed by atoms with Crippen LogP contribution >= 0.6 is 0 Å². The SMILES string of the molecule is COc1ccc(N2C[C@]3(CCCC(c4ccccc4)(N(C)C)C3)NC2=O)cn1. The second-order valence-electron chi connectivity index (χ2n) is 8.18. The van der Waals surface area contributed by atoms with Crippen LogP contribution < -0.4 is 15.0 Å². The number of benzene rings is 1. The number of urea groups is 1. The Bertz CT molecular complexity index is 839. The summed E-state index contributed by atoms with van der Waals surface area (Å²) in [5, 5.41) is 3.33.